The van der Waals surface area contributed by atoms with Gasteiger partial charge in [0.2, 0.25) is 0 Å². The highest BCUT2D eigenvalue weighted by atomic mass is 16.6. The Balaban J connectivity index is 3.60. The molecule has 0 fully saturated rings. The molecule has 1 rings (SSSR count). The van der Waals surface area contributed by atoms with Crippen molar-refractivity contribution in [1.82, 2.24) is 0 Å². The van der Waals surface area contributed by atoms with Crippen LogP contribution in [-0.2, 0) is 17.4 Å². The van der Waals surface area contributed by atoms with Gasteiger partial charge in [0.05, 0.1) is 6.61 Å². The van der Waals surface area contributed by atoms with Gasteiger partial charge in [0.25, 0.3) is 0 Å². The molecule has 0 radical (unpaired) electrons. The first-order valence-corrected chi connectivity index (χ1v) is 6.63. The summed E-state index contributed by atoms with van der Waals surface area (Å²) in [6, 6.07) is 3.92. The van der Waals surface area contributed by atoms with Crippen LogP contribution in [0.2, 0.25) is 0 Å². The van der Waals surface area contributed by atoms with Gasteiger partial charge in [0, 0.05) is 11.1 Å². The Morgan fingerprint density at radius 2 is 1.32 bits per heavy atom. The van der Waals surface area contributed by atoms with Crippen LogP contribution >= 0.6 is 0 Å². The normalized spacial score (nSPS) is 12.6. The van der Waals surface area contributed by atoms with Crippen LogP contribution < -0.4 is 4.74 Å². The van der Waals surface area contributed by atoms with Gasteiger partial charge in [-0.05, 0) is 28.5 Å². The zero-order valence-corrected chi connectivity index (χ0v) is 12.9. The largest absolute Gasteiger partial charge is 0.467 e. The van der Waals surface area contributed by atoms with E-state index in [2.05, 4.69) is 41.5 Å². The highest BCUT2D eigenvalue weighted by molar-refractivity contribution is 5.50. The molecule has 0 unspecified atom stereocenters. The predicted octanol–water partition coefficient (Wildman–Crippen LogP) is 3.10. The van der Waals surface area contributed by atoms with Crippen molar-refractivity contribution in [2.45, 2.75) is 59.0 Å². The molecule has 0 aliphatic carbocycles. The highest BCUT2D eigenvalue weighted by Crippen LogP contribution is 2.40. The van der Waals surface area contributed by atoms with Gasteiger partial charge < -0.3 is 14.9 Å². The summed E-state index contributed by atoms with van der Waals surface area (Å²) in [4.78, 5) is 0. The van der Waals surface area contributed by atoms with Gasteiger partial charge in [-0.15, -0.1) is 0 Å². The summed E-state index contributed by atoms with van der Waals surface area (Å²) in [6.45, 7) is 12.2. The molecule has 0 bridgehead atoms. The second-order valence-corrected chi connectivity index (χ2v) is 6.95. The van der Waals surface area contributed by atoms with E-state index in [-0.39, 0.29) is 24.2 Å². The molecule has 1 aromatic rings. The molecule has 3 nitrogen and oxygen atoms in total. The second-order valence-electron chi connectivity index (χ2n) is 6.95. The SMILES string of the molecule is CC(C)(C)c1cc(CO)cc(C(C)(C)C)c1OCO. The van der Waals surface area contributed by atoms with Crippen molar-refractivity contribution < 1.29 is 14.9 Å². The van der Waals surface area contributed by atoms with E-state index in [1.807, 2.05) is 12.1 Å². The van der Waals surface area contributed by atoms with E-state index >= 15 is 0 Å². The summed E-state index contributed by atoms with van der Waals surface area (Å²) in [5, 5.41) is 18.6. The molecule has 3 heteroatoms. The lowest BCUT2D eigenvalue weighted by Gasteiger charge is -2.30. The van der Waals surface area contributed by atoms with Gasteiger partial charge in [-0.25, -0.2) is 0 Å². The molecule has 0 aliphatic heterocycles. The molecule has 0 spiro atoms. The number of rotatable bonds is 3. The fraction of sp³-hybridized carbons (Fsp3) is 0.625. The van der Waals surface area contributed by atoms with Gasteiger partial charge in [-0.3, -0.25) is 0 Å². The summed E-state index contributed by atoms with van der Waals surface area (Å²) in [5.41, 5.74) is 2.67. The molecule has 19 heavy (non-hydrogen) atoms. The molecule has 0 saturated carbocycles. The molecule has 0 heterocycles. The molecule has 0 aromatic heterocycles. The first kappa shape index (κ1) is 16.0. The van der Waals surface area contributed by atoms with Crippen molar-refractivity contribution >= 4 is 0 Å². The summed E-state index contributed by atoms with van der Waals surface area (Å²) in [6.07, 6.45) is 0. The third-order valence-corrected chi connectivity index (χ3v) is 3.16. The quantitative estimate of drug-likeness (QED) is 0.827. The van der Waals surface area contributed by atoms with Crippen molar-refractivity contribution in [3.05, 3.63) is 28.8 Å². The monoisotopic (exact) mass is 266 g/mol. The van der Waals surface area contributed by atoms with Crippen LogP contribution in [0.1, 0.15) is 58.2 Å². The number of aliphatic hydroxyl groups is 2. The van der Waals surface area contributed by atoms with Crippen LogP contribution in [0.5, 0.6) is 5.75 Å². The maximum absolute atomic E-state index is 9.45. The Kier molecular flexibility index (Phi) is 4.64. The lowest BCUT2D eigenvalue weighted by Crippen LogP contribution is -2.20. The summed E-state index contributed by atoms with van der Waals surface area (Å²) in [5.74, 6) is 0.736. The first-order valence-electron chi connectivity index (χ1n) is 6.63. The molecule has 108 valence electrons. The van der Waals surface area contributed by atoms with E-state index in [0.717, 1.165) is 22.4 Å². The second kappa shape index (κ2) is 5.51. The summed E-state index contributed by atoms with van der Waals surface area (Å²) >= 11 is 0. The van der Waals surface area contributed by atoms with Crippen molar-refractivity contribution in [2.75, 3.05) is 6.79 Å². The number of ether oxygens (including phenoxy) is 1. The Hall–Kier alpha value is -1.06. The van der Waals surface area contributed by atoms with Gasteiger partial charge >= 0.3 is 0 Å². The van der Waals surface area contributed by atoms with Crippen molar-refractivity contribution in [3.8, 4) is 5.75 Å². The minimum atomic E-state index is -0.343. The zero-order valence-electron chi connectivity index (χ0n) is 12.9. The number of hydrogen-bond acceptors (Lipinski definition) is 3. The molecular formula is C16H26O3. The predicted molar refractivity (Wildman–Crippen MR) is 77.5 cm³/mol. The number of benzene rings is 1. The molecule has 1 aromatic carbocycles. The highest BCUT2D eigenvalue weighted by Gasteiger charge is 2.27. The van der Waals surface area contributed by atoms with Crippen LogP contribution in [0.15, 0.2) is 12.1 Å². The van der Waals surface area contributed by atoms with Gasteiger partial charge in [-0.2, -0.15) is 0 Å². The van der Waals surface area contributed by atoms with Crippen LogP contribution in [0.25, 0.3) is 0 Å². The molecule has 0 saturated heterocycles. The zero-order chi connectivity index (χ0) is 14.8. The van der Waals surface area contributed by atoms with Crippen LogP contribution in [-0.4, -0.2) is 17.0 Å². The standard InChI is InChI=1S/C16H26O3/c1-15(2,3)12-7-11(9-17)8-13(16(4,5)6)14(12)19-10-18/h7-8,17-18H,9-10H2,1-6H3. The number of aliphatic hydroxyl groups excluding tert-OH is 2. The van der Waals surface area contributed by atoms with E-state index in [9.17, 15) is 5.11 Å². The molecule has 2 N–H and O–H groups in total. The lowest BCUT2D eigenvalue weighted by atomic mass is 9.78. The maximum atomic E-state index is 9.45. The molecule has 0 aliphatic rings. The first-order chi connectivity index (χ1) is 8.61. The summed E-state index contributed by atoms with van der Waals surface area (Å²) < 4.78 is 5.49. The van der Waals surface area contributed by atoms with E-state index < -0.39 is 0 Å². The third kappa shape index (κ3) is 3.71. The topological polar surface area (TPSA) is 49.7 Å². The summed E-state index contributed by atoms with van der Waals surface area (Å²) in [7, 11) is 0. The lowest BCUT2D eigenvalue weighted by molar-refractivity contribution is 0.0946. The average Bonchev–Trinajstić information content (AvgIpc) is 2.26. The fourth-order valence-electron chi connectivity index (χ4n) is 2.11. The van der Waals surface area contributed by atoms with Gasteiger partial charge in [0.1, 0.15) is 5.75 Å². The van der Waals surface area contributed by atoms with Gasteiger partial charge in [-0.1, -0.05) is 41.5 Å². The maximum Gasteiger partial charge on any atom is 0.186 e. The van der Waals surface area contributed by atoms with E-state index in [0.29, 0.717) is 0 Å². The third-order valence-electron chi connectivity index (χ3n) is 3.16. The Labute approximate surface area is 116 Å². The van der Waals surface area contributed by atoms with E-state index in [4.69, 9.17) is 9.84 Å². The minimum absolute atomic E-state index is 0.00552. The Morgan fingerprint density at radius 1 is 0.895 bits per heavy atom. The fourth-order valence-corrected chi connectivity index (χ4v) is 2.11. The smallest absolute Gasteiger partial charge is 0.186 e. The van der Waals surface area contributed by atoms with Crippen LogP contribution in [0.4, 0.5) is 0 Å². The van der Waals surface area contributed by atoms with Crippen LogP contribution in [0.3, 0.4) is 0 Å². The van der Waals surface area contributed by atoms with Crippen molar-refractivity contribution in [3.63, 3.8) is 0 Å². The van der Waals surface area contributed by atoms with E-state index in [1.54, 1.807) is 0 Å². The van der Waals surface area contributed by atoms with Crippen molar-refractivity contribution in [1.29, 1.82) is 0 Å². The average molecular weight is 266 g/mol. The molecule has 0 atom stereocenters. The Bertz CT molecular complexity index is 401. The minimum Gasteiger partial charge on any atom is -0.467 e. The van der Waals surface area contributed by atoms with Gasteiger partial charge in [0.15, 0.2) is 6.79 Å². The van der Waals surface area contributed by atoms with E-state index in [1.165, 1.54) is 0 Å². The van der Waals surface area contributed by atoms with Crippen LogP contribution in [0, 0.1) is 0 Å². The molecule has 0 amide bonds. The number of hydrogen-bond donors (Lipinski definition) is 2. The molecular weight excluding hydrogens is 240 g/mol. The van der Waals surface area contributed by atoms with Crippen molar-refractivity contribution in [2.24, 2.45) is 0 Å². The Morgan fingerprint density at radius 3 is 1.58 bits per heavy atom.